The average Bonchev–Trinajstić information content (AvgIpc) is 3.40. The first-order chi connectivity index (χ1) is 22.3. The molecule has 0 aliphatic heterocycles. The lowest BCUT2D eigenvalue weighted by Gasteiger charge is -2.15. The summed E-state index contributed by atoms with van der Waals surface area (Å²) in [4.78, 5) is 3.68. The number of rotatable bonds is 16. The molecule has 2 aromatic rings. The first kappa shape index (κ1) is 48.7. The maximum Gasteiger partial charge on any atom is 0.0463 e. The summed E-state index contributed by atoms with van der Waals surface area (Å²) in [5.74, 6) is 0.366. The van der Waals surface area contributed by atoms with Gasteiger partial charge in [0.25, 0.3) is 0 Å². The monoisotopic (exact) mass is 670 g/mol. The molecule has 1 unspecified atom stereocenters. The van der Waals surface area contributed by atoms with E-state index in [9.17, 15) is 0 Å². The van der Waals surface area contributed by atoms with Crippen molar-refractivity contribution >= 4 is 34.4 Å². The van der Waals surface area contributed by atoms with Crippen LogP contribution in [-0.2, 0) is 11.2 Å². The van der Waals surface area contributed by atoms with E-state index in [-0.39, 0.29) is 0 Å². The molecule has 0 radical (unpaired) electrons. The van der Waals surface area contributed by atoms with Gasteiger partial charge < -0.3 is 20.5 Å². The van der Waals surface area contributed by atoms with E-state index in [1.165, 1.54) is 58.8 Å². The number of unbranched alkanes of at least 4 members (excludes halogenated alkanes) is 2. The van der Waals surface area contributed by atoms with Gasteiger partial charge in [-0.3, -0.25) is 0 Å². The molecule has 0 aliphatic carbocycles. The van der Waals surface area contributed by atoms with Gasteiger partial charge in [0.2, 0.25) is 0 Å². The number of benzene rings is 1. The average molecular weight is 671 g/mol. The summed E-state index contributed by atoms with van der Waals surface area (Å²) in [6, 6.07) is 6.19. The molecule has 268 valence electrons. The van der Waals surface area contributed by atoms with Gasteiger partial charge in [-0.25, -0.2) is 0 Å². The SMILES string of the molecule is C/C=C\C(=C/CCC)C(C)c1[nH]c2ccc(Cl)cc2c1CCCC.C=C(C)C=N.C=C(C)CC.CCCC(C)=N.CCCOCCC. The van der Waals surface area contributed by atoms with Crippen molar-refractivity contribution in [2.45, 2.75) is 146 Å². The summed E-state index contributed by atoms with van der Waals surface area (Å²) in [5.41, 5.74) is 8.22. The molecular formula is C42H72ClN3O. The topological polar surface area (TPSA) is 72.7 Å². The molecule has 0 spiro atoms. The second-order valence-electron chi connectivity index (χ2n) is 12.0. The molecule has 0 aliphatic rings. The first-order valence-corrected chi connectivity index (χ1v) is 18.3. The summed E-state index contributed by atoms with van der Waals surface area (Å²) in [5, 5.41) is 15.4. The van der Waals surface area contributed by atoms with Crippen LogP contribution < -0.4 is 0 Å². The van der Waals surface area contributed by atoms with Gasteiger partial charge in [0.05, 0.1) is 0 Å². The van der Waals surface area contributed by atoms with E-state index in [1.807, 2.05) is 19.9 Å². The third kappa shape index (κ3) is 27.0. The molecule has 0 amide bonds. The Morgan fingerprint density at radius 3 is 1.91 bits per heavy atom. The van der Waals surface area contributed by atoms with Crippen LogP contribution >= 0.6 is 11.6 Å². The molecule has 4 nitrogen and oxygen atoms in total. The number of fused-ring (bicyclic) bond motifs is 1. The summed E-state index contributed by atoms with van der Waals surface area (Å²) >= 11 is 6.26. The lowest BCUT2D eigenvalue weighted by Crippen LogP contribution is -2.01. The minimum Gasteiger partial charge on any atom is -0.381 e. The Hall–Kier alpha value is -2.69. The second kappa shape index (κ2) is 33.2. The number of aryl methyl sites for hydroxylation is 1. The Labute approximate surface area is 296 Å². The molecule has 1 aromatic heterocycles. The maximum atomic E-state index is 6.89. The summed E-state index contributed by atoms with van der Waals surface area (Å²) in [7, 11) is 0. The van der Waals surface area contributed by atoms with Crippen molar-refractivity contribution in [2.75, 3.05) is 13.2 Å². The van der Waals surface area contributed by atoms with Crippen LogP contribution in [0.2, 0.25) is 5.02 Å². The zero-order valence-corrected chi connectivity index (χ0v) is 33.1. The van der Waals surface area contributed by atoms with Crippen LogP contribution in [-0.4, -0.2) is 30.1 Å². The summed E-state index contributed by atoms with van der Waals surface area (Å²) in [6.45, 7) is 31.9. The van der Waals surface area contributed by atoms with Crippen molar-refractivity contribution in [3.05, 3.63) is 82.6 Å². The third-order valence-corrected chi connectivity index (χ3v) is 7.05. The number of hydrogen-bond acceptors (Lipinski definition) is 3. The fourth-order valence-corrected chi connectivity index (χ4v) is 4.23. The fourth-order valence-electron chi connectivity index (χ4n) is 4.06. The van der Waals surface area contributed by atoms with Gasteiger partial charge in [0, 0.05) is 52.7 Å². The standard InChI is InChI=1S/C22H30ClN.C6H14O.C5H11N.C5H10.C4H7N/c1-5-8-11-17(10-7-3)16(4)22-19(12-9-6-2)20-15-18(23)13-14-21(20)24-22;1-3-5-7-6-4-2;1-3-4-5(2)6;1-4-5(2)3;1-4(2)3-5/h7,10-11,13-16,24H,5-6,8-9,12H2,1-4H3;3-6H2,1-2H3;6H,3-4H2,1-2H3;2,4H2,1,3H3;3,5H,1H2,2H3/b10-7-,17-11+;;;;. The number of aromatic nitrogens is 1. The predicted octanol–water partition coefficient (Wildman–Crippen LogP) is 14.4. The van der Waals surface area contributed by atoms with Gasteiger partial charge in [-0.2, -0.15) is 0 Å². The third-order valence-electron chi connectivity index (χ3n) is 6.81. The lowest BCUT2D eigenvalue weighted by molar-refractivity contribution is 0.135. The zero-order valence-electron chi connectivity index (χ0n) is 32.3. The lowest BCUT2D eigenvalue weighted by atomic mass is 9.91. The number of nitrogens with one attached hydrogen (secondary N) is 3. The minimum atomic E-state index is 0.366. The van der Waals surface area contributed by atoms with E-state index in [2.05, 4.69) is 104 Å². The fraction of sp³-hybridized carbons (Fsp3) is 0.571. The van der Waals surface area contributed by atoms with E-state index in [0.717, 1.165) is 74.5 Å². The molecular weight excluding hydrogens is 598 g/mol. The summed E-state index contributed by atoms with van der Waals surface area (Å²) < 4.78 is 5.13. The summed E-state index contributed by atoms with van der Waals surface area (Å²) in [6.07, 6.45) is 19.3. The molecule has 3 N–H and O–H groups in total. The van der Waals surface area contributed by atoms with E-state index in [0.29, 0.717) is 5.92 Å². The van der Waals surface area contributed by atoms with Crippen LogP contribution in [0.3, 0.4) is 0 Å². The predicted molar refractivity (Wildman–Crippen MR) is 217 cm³/mol. The molecule has 1 atom stereocenters. The van der Waals surface area contributed by atoms with Gasteiger partial charge in [0.1, 0.15) is 0 Å². The number of aromatic amines is 1. The van der Waals surface area contributed by atoms with E-state index >= 15 is 0 Å². The molecule has 1 aromatic carbocycles. The second-order valence-corrected chi connectivity index (χ2v) is 12.4. The van der Waals surface area contributed by atoms with Gasteiger partial charge in [-0.1, -0.05) is 110 Å². The Bertz CT molecular complexity index is 1170. The highest BCUT2D eigenvalue weighted by atomic mass is 35.5. The van der Waals surface area contributed by atoms with Crippen molar-refractivity contribution in [2.24, 2.45) is 0 Å². The van der Waals surface area contributed by atoms with E-state index in [4.69, 9.17) is 27.2 Å². The van der Waals surface area contributed by atoms with E-state index < -0.39 is 0 Å². The molecule has 0 fully saturated rings. The van der Waals surface area contributed by atoms with E-state index in [1.54, 1.807) is 6.92 Å². The van der Waals surface area contributed by atoms with Crippen LogP contribution in [0.1, 0.15) is 151 Å². The molecule has 2 rings (SSSR count). The Balaban J connectivity index is -0.000000682. The molecule has 0 bridgehead atoms. The number of hydrogen-bond donors (Lipinski definition) is 3. The highest BCUT2D eigenvalue weighted by Gasteiger charge is 2.18. The van der Waals surface area contributed by atoms with Crippen LogP contribution in [0.5, 0.6) is 0 Å². The molecule has 5 heteroatoms. The van der Waals surface area contributed by atoms with Gasteiger partial charge in [0.15, 0.2) is 0 Å². The van der Waals surface area contributed by atoms with Crippen LogP contribution in [0.15, 0.2) is 66.3 Å². The van der Waals surface area contributed by atoms with Crippen LogP contribution in [0.25, 0.3) is 10.9 Å². The first-order valence-electron chi connectivity index (χ1n) is 17.9. The van der Waals surface area contributed by atoms with Crippen molar-refractivity contribution in [1.29, 1.82) is 10.8 Å². The van der Waals surface area contributed by atoms with Crippen LogP contribution in [0, 0.1) is 10.8 Å². The smallest absolute Gasteiger partial charge is 0.0463 e. The number of halogens is 1. The normalized spacial score (nSPS) is 11.1. The molecule has 1 heterocycles. The van der Waals surface area contributed by atoms with Gasteiger partial charge in [-0.05, 0) is 108 Å². The number of allylic oxidation sites excluding steroid dienone is 6. The molecule has 0 saturated carbocycles. The van der Waals surface area contributed by atoms with Gasteiger partial charge >= 0.3 is 0 Å². The Morgan fingerprint density at radius 2 is 1.53 bits per heavy atom. The van der Waals surface area contributed by atoms with Crippen molar-refractivity contribution in [1.82, 2.24) is 4.98 Å². The number of H-pyrrole nitrogens is 1. The molecule has 47 heavy (non-hydrogen) atoms. The van der Waals surface area contributed by atoms with Crippen molar-refractivity contribution < 1.29 is 4.74 Å². The Kier molecular flexibility index (Phi) is 34.4. The highest BCUT2D eigenvalue weighted by Crippen LogP contribution is 2.34. The van der Waals surface area contributed by atoms with Gasteiger partial charge in [-0.15, -0.1) is 6.58 Å². The highest BCUT2D eigenvalue weighted by molar-refractivity contribution is 6.31. The van der Waals surface area contributed by atoms with Crippen molar-refractivity contribution in [3.63, 3.8) is 0 Å². The quantitative estimate of drug-likeness (QED) is 0.0707. The molecule has 0 saturated heterocycles. The minimum absolute atomic E-state index is 0.366. The zero-order chi connectivity index (χ0) is 36.6. The largest absolute Gasteiger partial charge is 0.381 e. The van der Waals surface area contributed by atoms with Crippen molar-refractivity contribution in [3.8, 4) is 0 Å². The number of ether oxygens (including phenoxy) is 1. The van der Waals surface area contributed by atoms with Crippen LogP contribution in [0.4, 0.5) is 0 Å². The Morgan fingerprint density at radius 1 is 0.957 bits per heavy atom. The maximum absolute atomic E-state index is 6.89.